The molecule has 0 aromatic heterocycles. The number of ether oxygens (including phenoxy) is 2. The van der Waals surface area contributed by atoms with Crippen LogP contribution in [0.25, 0.3) is 11.1 Å². The fourth-order valence-electron chi connectivity index (χ4n) is 5.11. The molecule has 1 fully saturated rings. The number of aliphatic carboxylic acids is 1. The Morgan fingerprint density at radius 3 is 2.30 bits per heavy atom. The van der Waals surface area contributed by atoms with Crippen LogP contribution in [0.3, 0.4) is 0 Å². The third-order valence-corrected chi connectivity index (χ3v) is 7.02. The Balaban J connectivity index is 1.22. The first-order valence-electron chi connectivity index (χ1n) is 12.4. The average molecular weight is 503 g/mol. The molecule has 3 aromatic rings. The zero-order chi connectivity index (χ0) is 25.8. The van der Waals surface area contributed by atoms with Crippen molar-refractivity contribution in [3.8, 4) is 16.9 Å². The number of rotatable bonds is 8. The predicted octanol–water partition coefficient (Wildman–Crippen LogP) is 3.76. The number of nitrogens with zero attached hydrogens (tertiary/aromatic N) is 1. The highest BCUT2D eigenvalue weighted by Gasteiger charge is 2.30. The number of hydrogen-bond acceptors (Lipinski definition) is 6. The Labute approximate surface area is 215 Å². The molecule has 0 bridgehead atoms. The molecular weight excluding hydrogens is 472 g/mol. The van der Waals surface area contributed by atoms with E-state index < -0.39 is 18.1 Å². The Morgan fingerprint density at radius 1 is 1.00 bits per heavy atom. The van der Waals surface area contributed by atoms with Gasteiger partial charge in [0.2, 0.25) is 0 Å². The number of amides is 1. The Kier molecular flexibility index (Phi) is 7.39. The zero-order valence-electron chi connectivity index (χ0n) is 20.4. The fraction of sp³-hybridized carbons (Fsp3) is 0.310. The minimum absolute atomic E-state index is 0.0654. The van der Waals surface area contributed by atoms with Crippen molar-refractivity contribution < 1.29 is 29.3 Å². The SMILES string of the molecule is O=C(NC(Cc1ccc(O)c(CN2CCOCC2)c1)C(=O)O)OCC1c2ccccc2-c2ccccc21. The number of carbonyl (C=O) groups excluding carboxylic acids is 1. The second-order valence-corrected chi connectivity index (χ2v) is 9.42. The maximum atomic E-state index is 12.7. The summed E-state index contributed by atoms with van der Waals surface area (Å²) in [4.78, 5) is 26.8. The van der Waals surface area contributed by atoms with Crippen molar-refractivity contribution in [3.63, 3.8) is 0 Å². The van der Waals surface area contributed by atoms with Crippen molar-refractivity contribution in [3.05, 3.63) is 89.0 Å². The van der Waals surface area contributed by atoms with Gasteiger partial charge in [0.1, 0.15) is 18.4 Å². The molecule has 1 heterocycles. The van der Waals surface area contributed by atoms with Crippen molar-refractivity contribution in [1.29, 1.82) is 0 Å². The number of phenols is 1. The van der Waals surface area contributed by atoms with E-state index >= 15 is 0 Å². The van der Waals surface area contributed by atoms with Crippen molar-refractivity contribution in [2.24, 2.45) is 0 Å². The lowest BCUT2D eigenvalue weighted by Gasteiger charge is -2.27. The van der Waals surface area contributed by atoms with E-state index in [-0.39, 0.29) is 24.7 Å². The summed E-state index contributed by atoms with van der Waals surface area (Å²) in [6, 6.07) is 19.9. The Bertz CT molecular complexity index is 1240. The molecule has 1 unspecified atom stereocenters. The highest BCUT2D eigenvalue weighted by atomic mass is 16.5. The van der Waals surface area contributed by atoms with Gasteiger partial charge >= 0.3 is 12.1 Å². The number of phenolic OH excluding ortho intramolecular Hbond substituents is 1. The molecule has 1 atom stereocenters. The standard InChI is InChI=1S/C29H30N2O6/c32-27-10-9-19(15-20(27)17-31-11-13-36-14-12-31)16-26(28(33)34)30-29(35)37-18-25-23-7-3-1-5-21(23)22-6-2-4-8-24(22)25/h1-10,15,25-26,32H,11-14,16-18H2,(H,30,35)(H,33,34). The lowest BCUT2D eigenvalue weighted by Crippen LogP contribution is -2.43. The van der Waals surface area contributed by atoms with Crippen molar-refractivity contribution in [2.45, 2.75) is 24.9 Å². The molecule has 3 N–H and O–H groups in total. The van der Waals surface area contributed by atoms with E-state index in [0.29, 0.717) is 30.9 Å². The summed E-state index contributed by atoms with van der Waals surface area (Å²) in [5.41, 5.74) is 5.83. The predicted molar refractivity (Wildman–Crippen MR) is 138 cm³/mol. The van der Waals surface area contributed by atoms with Crippen LogP contribution in [-0.4, -0.2) is 66.1 Å². The van der Waals surface area contributed by atoms with Crippen LogP contribution in [0.2, 0.25) is 0 Å². The van der Waals surface area contributed by atoms with E-state index in [2.05, 4.69) is 22.3 Å². The smallest absolute Gasteiger partial charge is 0.407 e. The summed E-state index contributed by atoms with van der Waals surface area (Å²) in [5.74, 6) is -1.11. The molecule has 8 heteroatoms. The van der Waals surface area contributed by atoms with E-state index in [1.54, 1.807) is 18.2 Å². The lowest BCUT2D eigenvalue weighted by atomic mass is 9.98. The number of morpholine rings is 1. The third kappa shape index (κ3) is 5.60. The number of carboxylic acid groups (broad SMARTS) is 1. The fourth-order valence-corrected chi connectivity index (χ4v) is 5.11. The quantitative estimate of drug-likeness (QED) is 0.430. The highest BCUT2D eigenvalue weighted by Crippen LogP contribution is 2.44. The molecule has 1 amide bonds. The van der Waals surface area contributed by atoms with Gasteiger partial charge < -0.3 is 25.0 Å². The number of carboxylic acids is 1. The van der Waals surface area contributed by atoms with E-state index in [1.807, 2.05) is 36.4 Å². The van der Waals surface area contributed by atoms with Gasteiger partial charge in [-0.3, -0.25) is 4.90 Å². The maximum absolute atomic E-state index is 12.7. The van der Waals surface area contributed by atoms with Gasteiger partial charge in [-0.2, -0.15) is 0 Å². The number of carbonyl (C=O) groups is 2. The van der Waals surface area contributed by atoms with E-state index in [0.717, 1.165) is 35.3 Å². The first-order valence-corrected chi connectivity index (χ1v) is 12.4. The molecule has 8 nitrogen and oxygen atoms in total. The first kappa shape index (κ1) is 24.8. The number of fused-ring (bicyclic) bond motifs is 3. The van der Waals surface area contributed by atoms with Gasteiger partial charge in [0, 0.05) is 37.5 Å². The Hall–Kier alpha value is -3.88. The molecular formula is C29H30N2O6. The van der Waals surface area contributed by atoms with Gasteiger partial charge in [-0.05, 0) is 33.9 Å². The lowest BCUT2D eigenvalue weighted by molar-refractivity contribution is -0.139. The molecule has 1 aliphatic heterocycles. The minimum Gasteiger partial charge on any atom is -0.508 e. The average Bonchev–Trinajstić information content (AvgIpc) is 3.23. The normalized spacial score (nSPS) is 16.0. The van der Waals surface area contributed by atoms with Crippen molar-refractivity contribution in [1.82, 2.24) is 10.2 Å². The van der Waals surface area contributed by atoms with Crippen molar-refractivity contribution in [2.75, 3.05) is 32.9 Å². The van der Waals surface area contributed by atoms with Gasteiger partial charge in [0.05, 0.1) is 13.2 Å². The topological polar surface area (TPSA) is 108 Å². The highest BCUT2D eigenvalue weighted by molar-refractivity contribution is 5.81. The molecule has 1 aliphatic carbocycles. The first-order chi connectivity index (χ1) is 18.0. The molecule has 192 valence electrons. The molecule has 0 radical (unpaired) electrons. The molecule has 0 spiro atoms. The number of benzene rings is 3. The molecule has 1 saturated heterocycles. The molecule has 5 rings (SSSR count). The summed E-state index contributed by atoms with van der Waals surface area (Å²) in [6.07, 6.45) is -0.711. The number of aromatic hydroxyl groups is 1. The van der Waals surface area contributed by atoms with E-state index in [1.165, 1.54) is 0 Å². The van der Waals surface area contributed by atoms with Crippen LogP contribution in [0.1, 0.15) is 28.2 Å². The zero-order valence-corrected chi connectivity index (χ0v) is 20.4. The number of alkyl carbamates (subject to hydrolysis) is 1. The van der Waals surface area contributed by atoms with Crippen molar-refractivity contribution >= 4 is 12.1 Å². The van der Waals surface area contributed by atoms with Crippen LogP contribution >= 0.6 is 0 Å². The molecule has 37 heavy (non-hydrogen) atoms. The van der Waals surface area contributed by atoms with Crippen LogP contribution in [0.5, 0.6) is 5.75 Å². The van der Waals surface area contributed by atoms with E-state index in [9.17, 15) is 19.8 Å². The number of nitrogens with one attached hydrogen (secondary N) is 1. The molecule has 2 aliphatic rings. The van der Waals surface area contributed by atoms with Crippen LogP contribution < -0.4 is 5.32 Å². The van der Waals surface area contributed by atoms with Crippen LogP contribution in [0.15, 0.2) is 66.7 Å². The Morgan fingerprint density at radius 2 is 1.65 bits per heavy atom. The monoisotopic (exact) mass is 502 g/mol. The van der Waals surface area contributed by atoms with Gasteiger partial charge in [-0.25, -0.2) is 9.59 Å². The number of hydrogen-bond donors (Lipinski definition) is 3. The second kappa shape index (κ2) is 11.0. The van der Waals surface area contributed by atoms with Gasteiger partial charge in [-0.1, -0.05) is 60.7 Å². The summed E-state index contributed by atoms with van der Waals surface area (Å²) >= 11 is 0. The van der Waals surface area contributed by atoms with Crippen LogP contribution in [-0.2, 0) is 27.2 Å². The van der Waals surface area contributed by atoms with Crippen LogP contribution in [0.4, 0.5) is 4.79 Å². The largest absolute Gasteiger partial charge is 0.508 e. The third-order valence-electron chi connectivity index (χ3n) is 7.02. The van der Waals surface area contributed by atoms with Gasteiger partial charge in [-0.15, -0.1) is 0 Å². The summed E-state index contributed by atoms with van der Waals surface area (Å²) in [6.45, 7) is 3.47. The molecule has 0 saturated carbocycles. The second-order valence-electron chi connectivity index (χ2n) is 9.42. The summed E-state index contributed by atoms with van der Waals surface area (Å²) < 4.78 is 10.9. The minimum atomic E-state index is -1.17. The summed E-state index contributed by atoms with van der Waals surface area (Å²) in [5, 5.41) is 22.6. The maximum Gasteiger partial charge on any atom is 0.407 e. The van der Waals surface area contributed by atoms with Crippen LogP contribution in [0, 0.1) is 0 Å². The van der Waals surface area contributed by atoms with E-state index in [4.69, 9.17) is 9.47 Å². The molecule has 3 aromatic carbocycles. The van der Waals surface area contributed by atoms with Gasteiger partial charge in [0.15, 0.2) is 0 Å². The summed E-state index contributed by atoms with van der Waals surface area (Å²) in [7, 11) is 0. The van der Waals surface area contributed by atoms with Gasteiger partial charge in [0.25, 0.3) is 0 Å².